The summed E-state index contributed by atoms with van der Waals surface area (Å²) in [4.78, 5) is 9.33. The van der Waals surface area contributed by atoms with Gasteiger partial charge in [0.05, 0.1) is 17.6 Å². The molecule has 0 saturated heterocycles. The molecule has 0 spiro atoms. The van der Waals surface area contributed by atoms with Gasteiger partial charge in [0.25, 0.3) is 0 Å². The second kappa shape index (κ2) is 10.7. The number of imidazole rings is 1. The van der Waals surface area contributed by atoms with Crippen LogP contribution in [0.4, 0.5) is 0 Å². The van der Waals surface area contributed by atoms with Gasteiger partial charge in [-0.05, 0) is 35.3 Å². The lowest BCUT2D eigenvalue weighted by Crippen LogP contribution is -2.00. The molecule has 1 aliphatic rings. The van der Waals surface area contributed by atoms with Crippen LogP contribution in [0.2, 0.25) is 0 Å². The van der Waals surface area contributed by atoms with Gasteiger partial charge < -0.3 is 0 Å². The van der Waals surface area contributed by atoms with E-state index in [4.69, 9.17) is 0 Å². The monoisotopic (exact) mass is 411 g/mol. The van der Waals surface area contributed by atoms with Crippen LogP contribution in [0.1, 0.15) is 63.1 Å². The summed E-state index contributed by atoms with van der Waals surface area (Å²) in [7, 11) is 0. The van der Waals surface area contributed by atoms with E-state index in [1.807, 2.05) is 32.4 Å². The minimum absolute atomic E-state index is 0.774. The molecule has 2 aromatic carbocycles. The number of hydrogen-bond donors (Lipinski definition) is 0. The lowest BCUT2D eigenvalue weighted by molar-refractivity contribution is 1.02. The van der Waals surface area contributed by atoms with Crippen LogP contribution in [-0.4, -0.2) is 14.4 Å². The van der Waals surface area contributed by atoms with E-state index >= 15 is 0 Å². The largest absolute Gasteiger partial charge is 0.297 e. The molecule has 1 aliphatic carbocycles. The van der Waals surface area contributed by atoms with Crippen molar-refractivity contribution in [3.63, 3.8) is 0 Å². The number of aryl methyl sites for hydroxylation is 1. The highest BCUT2D eigenvalue weighted by molar-refractivity contribution is 5.86. The molecule has 0 radical (unpaired) electrons. The summed E-state index contributed by atoms with van der Waals surface area (Å²) in [5.41, 5.74) is 6.88. The van der Waals surface area contributed by atoms with Gasteiger partial charge in [0.15, 0.2) is 5.65 Å². The van der Waals surface area contributed by atoms with E-state index in [0.29, 0.717) is 0 Å². The molecule has 0 amide bonds. The molecular formula is C28H33N3. The fourth-order valence-corrected chi connectivity index (χ4v) is 3.75. The van der Waals surface area contributed by atoms with E-state index in [9.17, 15) is 0 Å². The molecular weight excluding hydrogens is 378 g/mol. The third-order valence-corrected chi connectivity index (χ3v) is 5.05. The van der Waals surface area contributed by atoms with Crippen LogP contribution in [0.15, 0.2) is 73.2 Å². The molecule has 0 atom stereocenters. The molecule has 0 unspecified atom stereocenters. The Balaban J connectivity index is 0.000000504. The minimum Gasteiger partial charge on any atom is -0.297 e. The summed E-state index contributed by atoms with van der Waals surface area (Å²) in [5, 5.41) is 2.56. The van der Waals surface area contributed by atoms with Crippen molar-refractivity contribution in [1.29, 1.82) is 0 Å². The number of benzene rings is 2. The quantitative estimate of drug-likeness (QED) is 0.348. The van der Waals surface area contributed by atoms with Crippen LogP contribution in [0.3, 0.4) is 0 Å². The van der Waals surface area contributed by atoms with E-state index in [0.717, 1.165) is 29.9 Å². The molecule has 2 aromatic heterocycles. The molecule has 160 valence electrons. The van der Waals surface area contributed by atoms with Crippen molar-refractivity contribution in [2.24, 2.45) is 0 Å². The van der Waals surface area contributed by atoms with Gasteiger partial charge in [-0.15, -0.1) is 0 Å². The van der Waals surface area contributed by atoms with Crippen molar-refractivity contribution in [2.45, 2.75) is 53.9 Å². The van der Waals surface area contributed by atoms with E-state index in [2.05, 4.69) is 89.8 Å². The molecule has 31 heavy (non-hydrogen) atoms. The Bertz CT molecular complexity index is 1210. The van der Waals surface area contributed by atoms with Crippen molar-refractivity contribution in [3.05, 3.63) is 95.7 Å². The Morgan fingerprint density at radius 1 is 1.03 bits per heavy atom. The number of fused-ring (bicyclic) bond motifs is 2. The van der Waals surface area contributed by atoms with Crippen LogP contribution in [0.25, 0.3) is 22.0 Å². The SMILES string of the molecule is CC.CCC.Cc1ccc2cccc(Cc3nccn4c(C5=CCC=C5)cnc34)c2c1. The van der Waals surface area contributed by atoms with Gasteiger partial charge in [-0.2, -0.15) is 0 Å². The Morgan fingerprint density at radius 3 is 2.58 bits per heavy atom. The highest BCUT2D eigenvalue weighted by Gasteiger charge is 2.13. The van der Waals surface area contributed by atoms with Crippen molar-refractivity contribution in [3.8, 4) is 0 Å². The molecule has 0 bridgehead atoms. The Hall–Kier alpha value is -3.20. The Labute approximate surface area is 186 Å². The summed E-state index contributed by atoms with van der Waals surface area (Å²) in [6.45, 7) is 10.4. The standard InChI is InChI=1S/C23H19N3.C3H8.C2H6/c1-16-9-10-17-7-4-8-19(20(17)13-16)14-21-23-25-15-22(18-5-2-3-6-18)26(23)12-11-24-21;1-3-2;1-2/h2,4-13,15H,3,14H2,1H3;3H2,1-2H3;1-2H3. The molecule has 5 rings (SSSR count). The zero-order valence-corrected chi connectivity index (χ0v) is 19.4. The molecule has 0 aliphatic heterocycles. The van der Waals surface area contributed by atoms with Crippen molar-refractivity contribution < 1.29 is 0 Å². The van der Waals surface area contributed by atoms with Gasteiger partial charge >= 0.3 is 0 Å². The number of aromatic nitrogens is 3. The summed E-state index contributed by atoms with van der Waals surface area (Å²) >= 11 is 0. The second-order valence-corrected chi connectivity index (χ2v) is 7.53. The van der Waals surface area contributed by atoms with Gasteiger partial charge in [0, 0.05) is 18.8 Å². The molecule has 0 saturated carbocycles. The molecule has 0 fully saturated rings. The highest BCUT2D eigenvalue weighted by atomic mass is 15.0. The average molecular weight is 412 g/mol. The van der Waals surface area contributed by atoms with Crippen molar-refractivity contribution >= 4 is 22.0 Å². The maximum Gasteiger partial charge on any atom is 0.159 e. The zero-order valence-electron chi connectivity index (χ0n) is 19.4. The fraction of sp³-hybridized carbons (Fsp3) is 0.286. The maximum atomic E-state index is 4.68. The van der Waals surface area contributed by atoms with Crippen molar-refractivity contribution in [2.75, 3.05) is 0 Å². The lowest BCUT2D eigenvalue weighted by Gasteiger charge is -2.09. The fourth-order valence-electron chi connectivity index (χ4n) is 3.75. The maximum absolute atomic E-state index is 4.68. The van der Waals surface area contributed by atoms with Crippen LogP contribution >= 0.6 is 0 Å². The van der Waals surface area contributed by atoms with E-state index in [-0.39, 0.29) is 0 Å². The molecule has 3 heteroatoms. The topological polar surface area (TPSA) is 30.2 Å². The smallest absolute Gasteiger partial charge is 0.159 e. The van der Waals surface area contributed by atoms with Crippen LogP contribution in [0.5, 0.6) is 0 Å². The second-order valence-electron chi connectivity index (χ2n) is 7.53. The number of allylic oxidation sites excluding steroid dienone is 4. The number of nitrogens with zero attached hydrogens (tertiary/aromatic N) is 3. The van der Waals surface area contributed by atoms with E-state index < -0.39 is 0 Å². The summed E-state index contributed by atoms with van der Waals surface area (Å²) in [5.74, 6) is 0. The summed E-state index contributed by atoms with van der Waals surface area (Å²) in [6, 6.07) is 13.1. The first-order valence-corrected chi connectivity index (χ1v) is 11.4. The van der Waals surface area contributed by atoms with Gasteiger partial charge in [0.1, 0.15) is 0 Å². The minimum atomic E-state index is 0.774. The summed E-state index contributed by atoms with van der Waals surface area (Å²) in [6.07, 6.45) is 15.4. The van der Waals surface area contributed by atoms with Gasteiger partial charge in [-0.3, -0.25) is 9.38 Å². The first kappa shape index (κ1) is 22.5. The Kier molecular flexibility index (Phi) is 7.77. The molecule has 3 nitrogen and oxygen atoms in total. The van der Waals surface area contributed by atoms with Gasteiger partial charge in [-0.25, -0.2) is 4.98 Å². The van der Waals surface area contributed by atoms with E-state index in [1.165, 1.54) is 33.9 Å². The first-order valence-electron chi connectivity index (χ1n) is 11.4. The average Bonchev–Trinajstić information content (AvgIpc) is 3.46. The van der Waals surface area contributed by atoms with E-state index in [1.54, 1.807) is 0 Å². The first-order chi connectivity index (χ1) is 15.2. The molecule has 2 heterocycles. The molecule has 4 aromatic rings. The van der Waals surface area contributed by atoms with Crippen molar-refractivity contribution in [1.82, 2.24) is 14.4 Å². The number of hydrogen-bond acceptors (Lipinski definition) is 2. The van der Waals surface area contributed by atoms with Crippen LogP contribution in [-0.2, 0) is 6.42 Å². The lowest BCUT2D eigenvalue weighted by atomic mass is 9.99. The predicted molar refractivity (Wildman–Crippen MR) is 134 cm³/mol. The molecule has 0 N–H and O–H groups in total. The van der Waals surface area contributed by atoms with Gasteiger partial charge in [0.2, 0.25) is 0 Å². The summed E-state index contributed by atoms with van der Waals surface area (Å²) < 4.78 is 2.15. The predicted octanol–water partition coefficient (Wildman–Crippen LogP) is 7.57. The normalized spacial score (nSPS) is 12.2. The van der Waals surface area contributed by atoms with Crippen LogP contribution < -0.4 is 0 Å². The third-order valence-electron chi connectivity index (χ3n) is 5.05. The van der Waals surface area contributed by atoms with Gasteiger partial charge in [-0.1, -0.05) is 94.3 Å². The third kappa shape index (κ3) is 4.93. The highest BCUT2D eigenvalue weighted by Crippen LogP contribution is 2.26. The van der Waals surface area contributed by atoms with Crippen LogP contribution in [0, 0.1) is 6.92 Å². The number of rotatable bonds is 3. The Morgan fingerprint density at radius 2 is 1.84 bits per heavy atom. The zero-order chi connectivity index (χ0) is 22.2.